The Bertz CT molecular complexity index is 1250. The summed E-state index contributed by atoms with van der Waals surface area (Å²) < 4.78 is 17.9. The normalized spacial score (nSPS) is 15.5. The third-order valence-electron chi connectivity index (χ3n) is 5.44. The molecule has 28 heavy (non-hydrogen) atoms. The summed E-state index contributed by atoms with van der Waals surface area (Å²) in [6.07, 6.45) is 8.95. The number of rotatable bonds is 2. The molecule has 4 aromatic heterocycles. The van der Waals surface area contributed by atoms with E-state index >= 15 is 0 Å². The van der Waals surface area contributed by atoms with Crippen LogP contribution in [0.5, 0.6) is 0 Å². The second-order valence-electron chi connectivity index (χ2n) is 7.36. The maximum Gasteiger partial charge on any atom is 0.260 e. The smallest absolute Gasteiger partial charge is 0.260 e. The molecular formula is C21H20FN5O. The van der Waals surface area contributed by atoms with Crippen LogP contribution in [-0.2, 0) is 0 Å². The summed E-state index contributed by atoms with van der Waals surface area (Å²) in [6, 6.07) is 5.44. The molecule has 0 radical (unpaired) electrons. The van der Waals surface area contributed by atoms with Crippen LogP contribution in [0, 0.1) is 12.7 Å². The highest BCUT2D eigenvalue weighted by Crippen LogP contribution is 2.24. The van der Waals surface area contributed by atoms with Gasteiger partial charge in [0, 0.05) is 36.4 Å². The van der Waals surface area contributed by atoms with Crippen molar-refractivity contribution >= 4 is 16.4 Å². The Morgan fingerprint density at radius 2 is 2.04 bits per heavy atom. The number of piperidine rings is 1. The lowest BCUT2D eigenvalue weighted by molar-refractivity contribution is 0.362. The highest BCUT2D eigenvalue weighted by Gasteiger charge is 2.17. The number of nitrogens with one attached hydrogen (secondary N) is 1. The third-order valence-corrected chi connectivity index (χ3v) is 5.44. The van der Waals surface area contributed by atoms with E-state index in [1.807, 2.05) is 36.0 Å². The second-order valence-corrected chi connectivity index (χ2v) is 7.36. The third kappa shape index (κ3) is 2.79. The molecule has 0 spiro atoms. The second kappa shape index (κ2) is 6.53. The number of pyridine rings is 3. The molecule has 142 valence electrons. The molecule has 0 atom stereocenters. The molecule has 6 nitrogen and oxygen atoms in total. The average molecular weight is 377 g/mol. The van der Waals surface area contributed by atoms with Gasteiger partial charge in [-0.25, -0.2) is 9.37 Å². The number of fused-ring (bicyclic) bond motifs is 2. The fourth-order valence-electron chi connectivity index (χ4n) is 4.00. The molecule has 0 amide bonds. The van der Waals surface area contributed by atoms with Gasteiger partial charge in [-0.15, -0.1) is 0 Å². The predicted molar refractivity (Wildman–Crippen MR) is 106 cm³/mol. The SMILES string of the molecule is Cc1cn2cc(-c3cc4ccn(C5CCNCC5)c(=O)c4cn3)cc(F)c2n1. The minimum Gasteiger partial charge on any atom is -0.317 e. The lowest BCUT2D eigenvalue weighted by Crippen LogP contribution is -2.34. The predicted octanol–water partition coefficient (Wildman–Crippen LogP) is 3.08. The van der Waals surface area contributed by atoms with Gasteiger partial charge in [0.05, 0.1) is 16.8 Å². The van der Waals surface area contributed by atoms with Crippen molar-refractivity contribution in [3.8, 4) is 11.3 Å². The van der Waals surface area contributed by atoms with Gasteiger partial charge in [0.25, 0.3) is 5.56 Å². The molecule has 1 fully saturated rings. The van der Waals surface area contributed by atoms with Crippen LogP contribution >= 0.6 is 0 Å². The molecule has 1 N–H and O–H groups in total. The zero-order valence-corrected chi connectivity index (χ0v) is 15.5. The summed E-state index contributed by atoms with van der Waals surface area (Å²) in [5, 5.41) is 4.72. The molecular weight excluding hydrogens is 357 g/mol. The maximum absolute atomic E-state index is 14.4. The van der Waals surface area contributed by atoms with Crippen LogP contribution in [0.25, 0.3) is 27.7 Å². The first kappa shape index (κ1) is 17.1. The van der Waals surface area contributed by atoms with Gasteiger partial charge in [-0.05, 0) is 56.4 Å². The molecule has 0 bridgehead atoms. The zero-order valence-electron chi connectivity index (χ0n) is 15.5. The number of aryl methyl sites for hydroxylation is 1. The molecule has 5 rings (SSSR count). The molecule has 1 saturated heterocycles. The van der Waals surface area contributed by atoms with Crippen LogP contribution in [0.2, 0.25) is 0 Å². The number of halogens is 1. The first-order chi connectivity index (χ1) is 13.6. The van der Waals surface area contributed by atoms with Crippen LogP contribution in [0.15, 0.2) is 47.8 Å². The molecule has 4 aromatic rings. The number of nitrogens with zero attached hydrogens (tertiary/aromatic N) is 4. The van der Waals surface area contributed by atoms with Gasteiger partial charge in [0.15, 0.2) is 11.5 Å². The quantitative estimate of drug-likeness (QED) is 0.583. The van der Waals surface area contributed by atoms with Crippen LogP contribution in [0.3, 0.4) is 0 Å². The van der Waals surface area contributed by atoms with E-state index in [-0.39, 0.29) is 11.6 Å². The summed E-state index contributed by atoms with van der Waals surface area (Å²) in [5.41, 5.74) is 2.30. The molecule has 1 aliphatic rings. The number of hydrogen-bond acceptors (Lipinski definition) is 4. The van der Waals surface area contributed by atoms with Crippen molar-refractivity contribution in [3.05, 3.63) is 64.9 Å². The summed E-state index contributed by atoms with van der Waals surface area (Å²) in [5.74, 6) is -0.395. The van der Waals surface area contributed by atoms with E-state index in [9.17, 15) is 9.18 Å². The Morgan fingerprint density at radius 1 is 1.21 bits per heavy atom. The van der Waals surface area contributed by atoms with E-state index in [4.69, 9.17) is 0 Å². The lowest BCUT2D eigenvalue weighted by Gasteiger charge is -2.25. The molecule has 7 heteroatoms. The topological polar surface area (TPSA) is 64.2 Å². The van der Waals surface area contributed by atoms with E-state index in [0.717, 1.165) is 37.0 Å². The Hall–Kier alpha value is -3.06. The monoisotopic (exact) mass is 377 g/mol. The molecule has 0 aromatic carbocycles. The van der Waals surface area contributed by atoms with Crippen molar-refractivity contribution in [2.45, 2.75) is 25.8 Å². The fraction of sp³-hybridized carbons (Fsp3) is 0.286. The Labute approximate surface area is 160 Å². The van der Waals surface area contributed by atoms with Gasteiger partial charge in [0.2, 0.25) is 0 Å². The van der Waals surface area contributed by atoms with Crippen molar-refractivity contribution in [2.24, 2.45) is 0 Å². The summed E-state index contributed by atoms with van der Waals surface area (Å²) >= 11 is 0. The first-order valence-electron chi connectivity index (χ1n) is 9.47. The van der Waals surface area contributed by atoms with E-state index in [0.29, 0.717) is 22.3 Å². The molecule has 1 aliphatic heterocycles. The lowest BCUT2D eigenvalue weighted by atomic mass is 10.1. The van der Waals surface area contributed by atoms with Crippen LogP contribution < -0.4 is 10.9 Å². The molecule has 0 unspecified atom stereocenters. The van der Waals surface area contributed by atoms with Gasteiger partial charge >= 0.3 is 0 Å². The first-order valence-corrected chi connectivity index (χ1v) is 9.47. The van der Waals surface area contributed by atoms with Crippen molar-refractivity contribution in [2.75, 3.05) is 13.1 Å². The van der Waals surface area contributed by atoms with E-state index < -0.39 is 5.82 Å². The Morgan fingerprint density at radius 3 is 2.86 bits per heavy atom. The van der Waals surface area contributed by atoms with E-state index in [2.05, 4.69) is 15.3 Å². The average Bonchev–Trinajstić information content (AvgIpc) is 3.09. The number of aromatic nitrogens is 4. The highest BCUT2D eigenvalue weighted by atomic mass is 19.1. The largest absolute Gasteiger partial charge is 0.317 e. The summed E-state index contributed by atoms with van der Waals surface area (Å²) in [4.78, 5) is 21.6. The summed E-state index contributed by atoms with van der Waals surface area (Å²) in [7, 11) is 0. The Balaban J connectivity index is 1.59. The van der Waals surface area contributed by atoms with E-state index in [1.165, 1.54) is 6.07 Å². The van der Waals surface area contributed by atoms with Crippen LogP contribution in [0.4, 0.5) is 4.39 Å². The fourth-order valence-corrected chi connectivity index (χ4v) is 4.00. The van der Waals surface area contributed by atoms with Crippen molar-refractivity contribution in [3.63, 3.8) is 0 Å². The minimum absolute atomic E-state index is 0.0182. The molecule has 0 aliphatic carbocycles. The molecule has 5 heterocycles. The van der Waals surface area contributed by atoms with Crippen molar-refractivity contribution < 1.29 is 4.39 Å². The zero-order chi connectivity index (χ0) is 19.3. The number of imidazole rings is 1. The van der Waals surface area contributed by atoms with Gasteiger partial charge in [0.1, 0.15) is 0 Å². The minimum atomic E-state index is -0.395. The van der Waals surface area contributed by atoms with Crippen molar-refractivity contribution in [1.82, 2.24) is 24.3 Å². The van der Waals surface area contributed by atoms with E-state index in [1.54, 1.807) is 16.8 Å². The van der Waals surface area contributed by atoms with Gasteiger partial charge in [-0.2, -0.15) is 0 Å². The van der Waals surface area contributed by atoms with Crippen LogP contribution in [0.1, 0.15) is 24.6 Å². The number of hydrogen-bond donors (Lipinski definition) is 1. The van der Waals surface area contributed by atoms with Crippen LogP contribution in [-0.4, -0.2) is 32.0 Å². The van der Waals surface area contributed by atoms with Gasteiger partial charge in [-0.3, -0.25) is 9.78 Å². The van der Waals surface area contributed by atoms with Crippen molar-refractivity contribution in [1.29, 1.82) is 0 Å². The van der Waals surface area contributed by atoms with Gasteiger partial charge < -0.3 is 14.3 Å². The maximum atomic E-state index is 14.4. The highest BCUT2D eigenvalue weighted by molar-refractivity contribution is 5.84. The summed E-state index contributed by atoms with van der Waals surface area (Å²) in [6.45, 7) is 3.68. The Kier molecular flexibility index (Phi) is 3.98. The standard InChI is InChI=1S/C21H20FN5O/c1-13-11-26-12-15(8-18(22)20(26)25-13)19-9-14-4-7-27(16-2-5-23-6-3-16)21(28)17(14)10-24-19/h4,7-12,16,23H,2-3,5-6H2,1H3. The van der Waals surface area contributed by atoms with Gasteiger partial charge in [-0.1, -0.05) is 0 Å². The molecule has 0 saturated carbocycles.